The van der Waals surface area contributed by atoms with Crippen molar-refractivity contribution in [1.29, 1.82) is 0 Å². The zero-order valence-corrected chi connectivity index (χ0v) is 7.48. The van der Waals surface area contributed by atoms with Crippen molar-refractivity contribution in [2.24, 2.45) is 0 Å². The second-order valence-electron chi connectivity index (χ2n) is 2.62. The topological polar surface area (TPSA) is 17.3 Å². The lowest BCUT2D eigenvalue weighted by molar-refractivity contribution is 1.00. The molecule has 0 atom stereocenters. The normalized spacial score (nSPS) is 11.1. The first-order valence-corrected chi connectivity index (χ1v) is 4.61. The molecule has 0 spiro atoms. The van der Waals surface area contributed by atoms with Crippen LogP contribution in [0.3, 0.4) is 0 Å². The van der Waals surface area contributed by atoms with Crippen LogP contribution >= 0.6 is 11.3 Å². The van der Waals surface area contributed by atoms with E-state index in [2.05, 4.69) is 27.9 Å². The summed E-state index contributed by atoms with van der Waals surface area (Å²) in [5.41, 5.74) is 2.46. The minimum atomic E-state index is 1.08. The molecule has 0 aromatic carbocycles. The molecule has 2 rings (SSSR count). The van der Waals surface area contributed by atoms with E-state index in [1.165, 1.54) is 5.69 Å². The van der Waals surface area contributed by atoms with Gasteiger partial charge in [-0.15, -0.1) is 11.3 Å². The van der Waals surface area contributed by atoms with Gasteiger partial charge in [0.15, 0.2) is 4.96 Å². The number of thiazole rings is 1. The minimum absolute atomic E-state index is 1.08. The number of hydrogen-bond acceptors (Lipinski definition) is 2. The number of hydrogen-bond donors (Lipinski definition) is 0. The van der Waals surface area contributed by atoms with E-state index >= 15 is 0 Å². The largest absolute Gasteiger partial charge is 0.294 e. The summed E-state index contributed by atoms with van der Waals surface area (Å²) in [5.74, 6) is 0. The highest BCUT2D eigenvalue weighted by molar-refractivity contribution is 7.15. The van der Waals surface area contributed by atoms with Gasteiger partial charge in [-0.3, -0.25) is 4.40 Å². The Labute approximate surface area is 69.5 Å². The molecule has 11 heavy (non-hydrogen) atoms. The molecule has 0 amide bonds. The molecule has 2 nitrogen and oxygen atoms in total. The molecule has 3 heteroatoms. The lowest BCUT2D eigenvalue weighted by atomic mass is 10.4. The molecule has 0 aliphatic carbocycles. The fourth-order valence-electron chi connectivity index (χ4n) is 1.20. The van der Waals surface area contributed by atoms with Crippen LogP contribution < -0.4 is 0 Å². The first-order valence-electron chi connectivity index (χ1n) is 3.73. The molecular weight excluding hydrogens is 156 g/mol. The summed E-state index contributed by atoms with van der Waals surface area (Å²) < 4.78 is 2.17. The third-order valence-corrected chi connectivity index (χ3v) is 2.65. The van der Waals surface area contributed by atoms with Crippen LogP contribution in [0.4, 0.5) is 0 Å². The molecule has 2 aromatic heterocycles. The predicted molar refractivity (Wildman–Crippen MR) is 47.2 cm³/mol. The Morgan fingerprint density at radius 2 is 2.45 bits per heavy atom. The van der Waals surface area contributed by atoms with E-state index in [4.69, 9.17) is 0 Å². The first-order chi connectivity index (χ1) is 5.31. The standard InChI is InChI=1S/C8H10N2S/c1-3-7-5-11-8-9-6(2)4-10(7)8/h4-5H,3H2,1-2H3. The number of imidazole rings is 1. The van der Waals surface area contributed by atoms with Gasteiger partial charge in [-0.2, -0.15) is 0 Å². The Balaban J connectivity index is 2.73. The Morgan fingerprint density at radius 3 is 3.18 bits per heavy atom. The van der Waals surface area contributed by atoms with Gasteiger partial charge in [0.25, 0.3) is 0 Å². The van der Waals surface area contributed by atoms with Crippen LogP contribution in [0.15, 0.2) is 11.6 Å². The van der Waals surface area contributed by atoms with E-state index in [-0.39, 0.29) is 0 Å². The predicted octanol–water partition coefficient (Wildman–Crippen LogP) is 2.27. The molecule has 0 unspecified atom stereocenters. The molecule has 0 radical (unpaired) electrons. The van der Waals surface area contributed by atoms with Crippen LogP contribution in [0.1, 0.15) is 18.3 Å². The van der Waals surface area contributed by atoms with Crippen LogP contribution in [-0.4, -0.2) is 9.38 Å². The summed E-state index contributed by atoms with van der Waals surface area (Å²) in [5, 5.41) is 2.17. The van der Waals surface area contributed by atoms with Gasteiger partial charge in [-0.1, -0.05) is 6.92 Å². The van der Waals surface area contributed by atoms with E-state index in [9.17, 15) is 0 Å². The number of aromatic nitrogens is 2. The quantitative estimate of drug-likeness (QED) is 0.635. The van der Waals surface area contributed by atoms with Crippen LogP contribution in [0, 0.1) is 6.92 Å². The number of fused-ring (bicyclic) bond motifs is 1. The zero-order valence-electron chi connectivity index (χ0n) is 6.66. The summed E-state index contributed by atoms with van der Waals surface area (Å²) >= 11 is 1.71. The molecule has 58 valence electrons. The lowest BCUT2D eigenvalue weighted by Gasteiger charge is -1.89. The van der Waals surface area contributed by atoms with Gasteiger partial charge in [-0.25, -0.2) is 4.98 Å². The Hall–Kier alpha value is -0.830. The Morgan fingerprint density at radius 1 is 1.64 bits per heavy atom. The highest BCUT2D eigenvalue weighted by Crippen LogP contribution is 2.16. The average molecular weight is 166 g/mol. The van der Waals surface area contributed by atoms with E-state index in [1.807, 2.05) is 6.92 Å². The highest BCUT2D eigenvalue weighted by Gasteiger charge is 2.02. The molecule has 0 bridgehead atoms. The SMILES string of the molecule is CCc1csc2nc(C)cn12. The molecule has 2 heterocycles. The second kappa shape index (κ2) is 2.34. The van der Waals surface area contributed by atoms with Crippen LogP contribution in [0.2, 0.25) is 0 Å². The number of rotatable bonds is 1. The van der Waals surface area contributed by atoms with Crippen LogP contribution in [0.25, 0.3) is 4.96 Å². The summed E-state index contributed by atoms with van der Waals surface area (Å²) in [7, 11) is 0. The Bertz CT molecular complexity index is 372. The van der Waals surface area contributed by atoms with Crippen molar-refractivity contribution in [3.8, 4) is 0 Å². The molecule has 0 saturated heterocycles. The lowest BCUT2D eigenvalue weighted by Crippen LogP contribution is -1.84. The van der Waals surface area contributed by atoms with Crippen molar-refractivity contribution < 1.29 is 0 Å². The van der Waals surface area contributed by atoms with Crippen molar-refractivity contribution in [1.82, 2.24) is 9.38 Å². The van der Waals surface area contributed by atoms with E-state index < -0.39 is 0 Å². The smallest absolute Gasteiger partial charge is 0.194 e. The molecular formula is C8H10N2S. The van der Waals surface area contributed by atoms with Gasteiger partial charge >= 0.3 is 0 Å². The minimum Gasteiger partial charge on any atom is -0.294 e. The maximum Gasteiger partial charge on any atom is 0.194 e. The Kier molecular flexibility index (Phi) is 1.46. The maximum atomic E-state index is 4.36. The average Bonchev–Trinajstić information content (AvgIpc) is 2.45. The summed E-state index contributed by atoms with van der Waals surface area (Å²) in [6.07, 6.45) is 3.17. The van der Waals surface area contributed by atoms with Crippen LogP contribution in [-0.2, 0) is 6.42 Å². The van der Waals surface area contributed by atoms with Crippen LogP contribution in [0.5, 0.6) is 0 Å². The summed E-state index contributed by atoms with van der Waals surface area (Å²) in [6, 6.07) is 0. The van der Waals surface area contributed by atoms with Crippen molar-refractivity contribution >= 4 is 16.3 Å². The second-order valence-corrected chi connectivity index (χ2v) is 3.45. The van der Waals surface area contributed by atoms with Crippen molar-refractivity contribution in [2.45, 2.75) is 20.3 Å². The van der Waals surface area contributed by atoms with Gasteiger partial charge in [0, 0.05) is 17.3 Å². The van der Waals surface area contributed by atoms with E-state index in [0.717, 1.165) is 17.1 Å². The maximum absolute atomic E-state index is 4.36. The monoisotopic (exact) mass is 166 g/mol. The fraction of sp³-hybridized carbons (Fsp3) is 0.375. The molecule has 0 saturated carbocycles. The third-order valence-electron chi connectivity index (χ3n) is 1.77. The fourth-order valence-corrected chi connectivity index (χ4v) is 2.20. The molecule has 0 aliphatic rings. The molecule has 0 N–H and O–H groups in total. The van der Waals surface area contributed by atoms with E-state index in [0.29, 0.717) is 0 Å². The molecule has 0 aliphatic heterocycles. The highest BCUT2D eigenvalue weighted by atomic mass is 32.1. The van der Waals surface area contributed by atoms with Gasteiger partial charge in [0.05, 0.1) is 5.69 Å². The van der Waals surface area contributed by atoms with Gasteiger partial charge in [0.2, 0.25) is 0 Å². The summed E-state index contributed by atoms with van der Waals surface area (Å²) in [6.45, 7) is 4.19. The van der Waals surface area contributed by atoms with Gasteiger partial charge in [-0.05, 0) is 13.3 Å². The number of aryl methyl sites for hydroxylation is 2. The van der Waals surface area contributed by atoms with Crippen molar-refractivity contribution in [2.75, 3.05) is 0 Å². The number of nitrogens with zero attached hydrogens (tertiary/aromatic N) is 2. The summed E-state index contributed by atoms with van der Waals surface area (Å²) in [4.78, 5) is 5.47. The van der Waals surface area contributed by atoms with Gasteiger partial charge < -0.3 is 0 Å². The molecule has 0 fully saturated rings. The van der Waals surface area contributed by atoms with Crippen molar-refractivity contribution in [3.05, 3.63) is 23.0 Å². The first kappa shape index (κ1) is 6.85. The third kappa shape index (κ3) is 0.959. The van der Waals surface area contributed by atoms with Crippen molar-refractivity contribution in [3.63, 3.8) is 0 Å². The van der Waals surface area contributed by atoms with E-state index in [1.54, 1.807) is 11.3 Å². The van der Waals surface area contributed by atoms with Gasteiger partial charge in [0.1, 0.15) is 0 Å². The molecule has 2 aromatic rings. The zero-order chi connectivity index (χ0) is 7.84.